The molecule has 0 radical (unpaired) electrons. The minimum atomic E-state index is -0.0342. The van der Waals surface area contributed by atoms with Crippen LogP contribution in [-0.4, -0.2) is 18.4 Å². The van der Waals surface area contributed by atoms with Crippen LogP contribution in [0.4, 0.5) is 0 Å². The maximum atomic E-state index is 12.5. The Hall–Kier alpha value is -0.370. The van der Waals surface area contributed by atoms with Crippen molar-refractivity contribution in [2.45, 2.75) is 52.5 Å². The molecule has 2 bridgehead atoms. The van der Waals surface area contributed by atoms with Crippen molar-refractivity contribution in [1.82, 2.24) is 5.32 Å². The molecular weight excluding hydrogens is 198 g/mol. The molecule has 3 rings (SSSR count). The van der Waals surface area contributed by atoms with Gasteiger partial charge in [-0.1, -0.05) is 20.8 Å². The Balaban J connectivity index is 1.78. The second-order valence-electron chi connectivity index (χ2n) is 6.85. The van der Waals surface area contributed by atoms with Crippen molar-refractivity contribution < 1.29 is 4.79 Å². The minimum absolute atomic E-state index is 0.0342. The largest absolute Gasteiger partial charge is 0.313 e. The Morgan fingerprint density at radius 3 is 2.44 bits per heavy atom. The first-order valence-electron chi connectivity index (χ1n) is 6.74. The summed E-state index contributed by atoms with van der Waals surface area (Å²) in [4.78, 5) is 12.5. The molecule has 3 aliphatic carbocycles. The average molecular weight is 221 g/mol. The van der Waals surface area contributed by atoms with E-state index in [-0.39, 0.29) is 10.8 Å². The Bertz CT molecular complexity index is 332. The third-order valence-corrected chi connectivity index (χ3v) is 5.87. The van der Waals surface area contributed by atoms with Crippen LogP contribution in [0, 0.1) is 22.7 Å². The normalized spacial score (nSPS) is 45.3. The quantitative estimate of drug-likeness (QED) is 0.793. The fourth-order valence-corrected chi connectivity index (χ4v) is 4.09. The van der Waals surface area contributed by atoms with Gasteiger partial charge in [-0.3, -0.25) is 4.79 Å². The molecule has 0 aromatic rings. The van der Waals surface area contributed by atoms with Crippen LogP contribution in [0.25, 0.3) is 0 Å². The first-order chi connectivity index (χ1) is 7.47. The van der Waals surface area contributed by atoms with Gasteiger partial charge in [0.25, 0.3) is 0 Å². The highest BCUT2D eigenvalue weighted by molar-refractivity contribution is 5.91. The van der Waals surface area contributed by atoms with Crippen LogP contribution >= 0.6 is 0 Å². The van der Waals surface area contributed by atoms with Crippen LogP contribution in [0.15, 0.2) is 0 Å². The number of nitrogens with one attached hydrogen (secondary N) is 1. The lowest BCUT2D eigenvalue weighted by Crippen LogP contribution is -2.37. The van der Waals surface area contributed by atoms with E-state index in [1.54, 1.807) is 0 Å². The van der Waals surface area contributed by atoms with Gasteiger partial charge in [-0.2, -0.15) is 0 Å². The minimum Gasteiger partial charge on any atom is -0.313 e. The number of hydrogen-bond donors (Lipinski definition) is 1. The van der Waals surface area contributed by atoms with E-state index in [1.807, 2.05) is 0 Å². The number of hydrogen-bond acceptors (Lipinski definition) is 2. The zero-order valence-corrected chi connectivity index (χ0v) is 10.7. The summed E-state index contributed by atoms with van der Waals surface area (Å²) >= 11 is 0. The first-order valence-corrected chi connectivity index (χ1v) is 6.74. The second kappa shape index (κ2) is 3.10. The highest BCUT2D eigenvalue weighted by atomic mass is 16.1. The summed E-state index contributed by atoms with van der Waals surface area (Å²) in [6.07, 6.45) is 4.99. The van der Waals surface area contributed by atoms with Gasteiger partial charge in [0, 0.05) is 23.9 Å². The summed E-state index contributed by atoms with van der Waals surface area (Å²) in [5.74, 6) is 1.47. The zero-order chi connectivity index (χ0) is 11.6. The van der Waals surface area contributed by atoms with Gasteiger partial charge < -0.3 is 5.32 Å². The standard InChI is InChI=1S/C14H23NO/c1-13(2)11-6-7-14(13,3)12(16)10(11)8-15-9-4-5-9/h9-11,15H,4-8H2,1-3H3. The van der Waals surface area contributed by atoms with Crippen LogP contribution in [0.5, 0.6) is 0 Å². The van der Waals surface area contributed by atoms with Crippen LogP contribution < -0.4 is 5.32 Å². The van der Waals surface area contributed by atoms with Crippen molar-refractivity contribution in [2.75, 3.05) is 6.54 Å². The molecule has 16 heavy (non-hydrogen) atoms. The van der Waals surface area contributed by atoms with Gasteiger partial charge >= 0.3 is 0 Å². The lowest BCUT2D eigenvalue weighted by atomic mass is 9.70. The van der Waals surface area contributed by atoms with E-state index in [0.29, 0.717) is 17.6 Å². The Kier molecular flexibility index (Phi) is 2.08. The molecule has 90 valence electrons. The highest BCUT2D eigenvalue weighted by Gasteiger charge is 2.65. The van der Waals surface area contributed by atoms with Crippen molar-refractivity contribution in [3.05, 3.63) is 0 Å². The van der Waals surface area contributed by atoms with Crippen LogP contribution in [0.2, 0.25) is 0 Å². The SMILES string of the molecule is CC12CCC(C(CNC3CC3)C1=O)C2(C)C. The first kappa shape index (κ1) is 10.8. The summed E-state index contributed by atoms with van der Waals surface area (Å²) < 4.78 is 0. The molecule has 0 amide bonds. The number of carbonyl (C=O) groups excluding carboxylic acids is 1. The van der Waals surface area contributed by atoms with E-state index in [0.717, 1.165) is 19.0 Å². The molecule has 3 aliphatic rings. The molecule has 2 heteroatoms. The molecule has 0 heterocycles. The van der Waals surface area contributed by atoms with Crippen molar-refractivity contribution >= 4 is 5.78 Å². The van der Waals surface area contributed by atoms with Crippen LogP contribution in [0.1, 0.15) is 46.5 Å². The van der Waals surface area contributed by atoms with Crippen molar-refractivity contribution in [1.29, 1.82) is 0 Å². The van der Waals surface area contributed by atoms with Gasteiger partial charge in [-0.15, -0.1) is 0 Å². The summed E-state index contributed by atoms with van der Waals surface area (Å²) in [5.41, 5.74) is 0.188. The van der Waals surface area contributed by atoms with E-state index in [2.05, 4.69) is 26.1 Å². The lowest BCUT2D eigenvalue weighted by molar-refractivity contribution is -0.131. The molecule has 3 unspecified atom stereocenters. The van der Waals surface area contributed by atoms with E-state index >= 15 is 0 Å². The van der Waals surface area contributed by atoms with E-state index in [4.69, 9.17) is 0 Å². The van der Waals surface area contributed by atoms with E-state index in [1.165, 1.54) is 19.3 Å². The zero-order valence-electron chi connectivity index (χ0n) is 10.7. The maximum Gasteiger partial charge on any atom is 0.143 e. The van der Waals surface area contributed by atoms with Gasteiger partial charge in [0.2, 0.25) is 0 Å². The Morgan fingerprint density at radius 1 is 1.25 bits per heavy atom. The molecule has 3 atom stereocenters. The van der Waals surface area contributed by atoms with E-state index in [9.17, 15) is 4.79 Å². The predicted octanol–water partition coefficient (Wildman–Crippen LogP) is 2.38. The third-order valence-electron chi connectivity index (χ3n) is 5.87. The average Bonchev–Trinajstić information content (AvgIpc) is 2.97. The molecule has 0 saturated heterocycles. The summed E-state index contributed by atoms with van der Waals surface area (Å²) in [6.45, 7) is 7.75. The molecule has 2 nitrogen and oxygen atoms in total. The molecule has 1 N–H and O–H groups in total. The van der Waals surface area contributed by atoms with Crippen LogP contribution in [0.3, 0.4) is 0 Å². The topological polar surface area (TPSA) is 29.1 Å². The van der Waals surface area contributed by atoms with Gasteiger partial charge in [0.05, 0.1) is 0 Å². The Morgan fingerprint density at radius 2 is 1.94 bits per heavy atom. The van der Waals surface area contributed by atoms with Crippen LogP contribution in [-0.2, 0) is 4.79 Å². The van der Waals surface area contributed by atoms with Gasteiger partial charge in [0.1, 0.15) is 5.78 Å². The fraction of sp³-hybridized carbons (Fsp3) is 0.929. The lowest BCUT2D eigenvalue weighted by Gasteiger charge is -2.32. The molecule has 0 aliphatic heterocycles. The number of ketones is 1. The maximum absolute atomic E-state index is 12.5. The monoisotopic (exact) mass is 221 g/mol. The smallest absolute Gasteiger partial charge is 0.143 e. The van der Waals surface area contributed by atoms with Crippen molar-refractivity contribution in [2.24, 2.45) is 22.7 Å². The van der Waals surface area contributed by atoms with Gasteiger partial charge in [0.15, 0.2) is 0 Å². The second-order valence-corrected chi connectivity index (χ2v) is 6.85. The molecular formula is C14H23NO. The third kappa shape index (κ3) is 1.20. The number of carbonyl (C=O) groups is 1. The fourth-order valence-electron chi connectivity index (χ4n) is 4.09. The molecule has 0 spiro atoms. The molecule has 0 aromatic heterocycles. The summed E-state index contributed by atoms with van der Waals surface area (Å²) in [6, 6.07) is 0.725. The molecule has 3 saturated carbocycles. The van der Waals surface area contributed by atoms with E-state index < -0.39 is 0 Å². The molecule has 0 aromatic carbocycles. The molecule has 3 fully saturated rings. The Labute approximate surface area is 98.2 Å². The highest BCUT2D eigenvalue weighted by Crippen LogP contribution is 2.65. The number of fused-ring (bicyclic) bond motifs is 2. The van der Waals surface area contributed by atoms with Crippen molar-refractivity contribution in [3.8, 4) is 0 Å². The summed E-state index contributed by atoms with van der Waals surface area (Å²) in [5, 5.41) is 3.55. The summed E-state index contributed by atoms with van der Waals surface area (Å²) in [7, 11) is 0. The van der Waals surface area contributed by atoms with Crippen molar-refractivity contribution in [3.63, 3.8) is 0 Å². The predicted molar refractivity (Wildman–Crippen MR) is 64.1 cm³/mol. The number of rotatable bonds is 3. The van der Waals surface area contributed by atoms with Gasteiger partial charge in [-0.05, 0) is 37.0 Å². The van der Waals surface area contributed by atoms with Gasteiger partial charge in [-0.25, -0.2) is 0 Å². The number of Topliss-reactive ketones (excluding diaryl/α,β-unsaturated/α-hetero) is 1.